The molecule has 1 fully saturated rings. The summed E-state index contributed by atoms with van der Waals surface area (Å²) in [6, 6.07) is 17.3. The molecule has 0 radical (unpaired) electrons. The molecule has 1 aliphatic heterocycles. The van der Waals surface area contributed by atoms with Gasteiger partial charge in [0.15, 0.2) is 0 Å². The van der Waals surface area contributed by atoms with Gasteiger partial charge in [-0.2, -0.15) is 13.2 Å². The van der Waals surface area contributed by atoms with Gasteiger partial charge in [-0.05, 0) is 30.9 Å². The maximum atomic E-state index is 13.4. The lowest BCUT2D eigenvalue weighted by atomic mass is 9.96. The molecule has 2 aromatic carbocycles. The molecule has 0 spiro atoms. The van der Waals surface area contributed by atoms with Crippen LogP contribution in [0.15, 0.2) is 71.8 Å². The van der Waals surface area contributed by atoms with Crippen LogP contribution >= 0.6 is 0 Å². The van der Waals surface area contributed by atoms with E-state index in [2.05, 4.69) is 14.9 Å². The van der Waals surface area contributed by atoms with Crippen LogP contribution < -0.4 is 15.9 Å². The number of hydrogen-bond acceptors (Lipinski definition) is 8. The fourth-order valence-corrected chi connectivity index (χ4v) is 4.39. The first-order valence-electron chi connectivity index (χ1n) is 12.4. The smallest absolute Gasteiger partial charge is 0.475 e. The van der Waals surface area contributed by atoms with Gasteiger partial charge in [-0.3, -0.25) is 19.4 Å². The summed E-state index contributed by atoms with van der Waals surface area (Å²) in [5.41, 5.74) is 3.37. The second-order valence-corrected chi connectivity index (χ2v) is 9.18. The molecule has 214 valence electrons. The zero-order chi connectivity index (χ0) is 29.6. The van der Waals surface area contributed by atoms with Crippen LogP contribution in [0.1, 0.15) is 23.2 Å². The van der Waals surface area contributed by atoms with Crippen LogP contribution in [-0.2, 0) is 11.3 Å². The summed E-state index contributed by atoms with van der Waals surface area (Å²) in [5, 5.41) is 16.5. The molecule has 3 heterocycles. The normalized spacial score (nSPS) is 13.8. The quantitative estimate of drug-likeness (QED) is 0.242. The Labute approximate surface area is 230 Å². The number of hydroxylamine groups is 1. The van der Waals surface area contributed by atoms with Gasteiger partial charge >= 0.3 is 12.1 Å². The number of carbonyl (C=O) groups excluding carboxylic acids is 1. The van der Waals surface area contributed by atoms with Crippen LogP contribution in [0.4, 0.5) is 19.1 Å². The monoisotopic (exact) mass is 570 g/mol. The van der Waals surface area contributed by atoms with Crippen molar-refractivity contribution < 1.29 is 33.1 Å². The van der Waals surface area contributed by atoms with E-state index in [4.69, 9.17) is 20.1 Å². The Kier molecular flexibility index (Phi) is 8.92. The van der Waals surface area contributed by atoms with Gasteiger partial charge in [-0.15, -0.1) is 0 Å². The van der Waals surface area contributed by atoms with Crippen molar-refractivity contribution in [2.24, 2.45) is 5.92 Å². The Morgan fingerprint density at radius 2 is 1.56 bits per heavy atom. The minimum atomic E-state index is -5.08. The Balaban J connectivity index is 0.000000493. The zero-order valence-electron chi connectivity index (χ0n) is 21.5. The summed E-state index contributed by atoms with van der Waals surface area (Å²) in [4.78, 5) is 49.2. The van der Waals surface area contributed by atoms with Crippen LogP contribution in [0.2, 0.25) is 0 Å². The van der Waals surface area contributed by atoms with E-state index in [0.717, 1.165) is 31.5 Å². The topological polar surface area (TPSA) is 151 Å². The lowest BCUT2D eigenvalue weighted by Crippen LogP contribution is -2.37. The molecular weight excluding hydrogens is 545 g/mol. The number of anilines is 1. The molecule has 3 N–H and O–H groups in total. The van der Waals surface area contributed by atoms with Gasteiger partial charge in [0.05, 0.1) is 16.5 Å². The number of nitrogens with one attached hydrogen (secondary N) is 1. The molecule has 14 heteroatoms. The molecule has 0 aliphatic carbocycles. The average Bonchev–Trinajstić information content (AvgIpc) is 2.99. The molecule has 11 nitrogen and oxygen atoms in total. The summed E-state index contributed by atoms with van der Waals surface area (Å²) in [5.74, 6) is -1.87. The molecule has 2 aromatic heterocycles. The van der Waals surface area contributed by atoms with Gasteiger partial charge in [0.2, 0.25) is 5.95 Å². The van der Waals surface area contributed by atoms with E-state index < -0.39 is 18.1 Å². The number of hydrogen-bond donors (Lipinski definition) is 3. The number of aromatic nitrogens is 4. The largest absolute Gasteiger partial charge is 0.490 e. The SMILES string of the molecule is O=C(NO)c1cnc(N2CCC(Cn3c(-c4ccccc4)nc4ccccc4c3=O)CC2)nc1.O=C(O)C(F)(F)F. The van der Waals surface area contributed by atoms with Crippen molar-refractivity contribution in [2.75, 3.05) is 18.0 Å². The predicted molar refractivity (Wildman–Crippen MR) is 141 cm³/mol. The van der Waals surface area contributed by atoms with Crippen molar-refractivity contribution in [3.05, 3.63) is 82.9 Å². The van der Waals surface area contributed by atoms with Crippen molar-refractivity contribution in [1.29, 1.82) is 0 Å². The molecule has 1 saturated heterocycles. The van der Waals surface area contributed by atoms with E-state index >= 15 is 0 Å². The van der Waals surface area contributed by atoms with Crippen LogP contribution in [0, 0.1) is 5.92 Å². The molecule has 0 bridgehead atoms. The summed E-state index contributed by atoms with van der Waals surface area (Å²) >= 11 is 0. The maximum absolute atomic E-state index is 13.4. The number of rotatable bonds is 5. The fourth-order valence-electron chi connectivity index (χ4n) is 4.39. The zero-order valence-corrected chi connectivity index (χ0v) is 21.5. The van der Waals surface area contributed by atoms with Crippen molar-refractivity contribution >= 4 is 28.7 Å². The van der Waals surface area contributed by atoms with E-state index in [0.29, 0.717) is 35.1 Å². The lowest BCUT2D eigenvalue weighted by Gasteiger charge is -2.32. The molecule has 4 aromatic rings. The van der Waals surface area contributed by atoms with Gasteiger partial charge in [-0.25, -0.2) is 25.2 Å². The minimum absolute atomic E-state index is 0.0204. The van der Waals surface area contributed by atoms with Crippen molar-refractivity contribution in [2.45, 2.75) is 25.6 Å². The molecular formula is C27H25F3N6O5. The number of aliphatic carboxylic acids is 1. The lowest BCUT2D eigenvalue weighted by molar-refractivity contribution is -0.192. The van der Waals surface area contributed by atoms with Crippen molar-refractivity contribution in [1.82, 2.24) is 25.0 Å². The molecule has 0 unspecified atom stereocenters. The maximum Gasteiger partial charge on any atom is 0.490 e. The number of piperidine rings is 1. The van der Waals surface area contributed by atoms with E-state index in [9.17, 15) is 22.8 Å². The third-order valence-corrected chi connectivity index (χ3v) is 6.48. The fraction of sp³-hybridized carbons (Fsp3) is 0.259. The number of fused-ring (bicyclic) bond motifs is 1. The summed E-state index contributed by atoms with van der Waals surface area (Å²) < 4.78 is 33.6. The highest BCUT2D eigenvalue weighted by Gasteiger charge is 2.38. The van der Waals surface area contributed by atoms with Gasteiger partial charge in [0, 0.05) is 37.6 Å². The Hall–Kier alpha value is -4.85. The van der Waals surface area contributed by atoms with E-state index in [1.54, 1.807) is 5.48 Å². The van der Waals surface area contributed by atoms with Crippen molar-refractivity contribution in [3.63, 3.8) is 0 Å². The molecule has 0 atom stereocenters. The standard InChI is InChI=1S/C25H24N6O3.C2HF3O2/c32-23(29-34)19-14-26-25(27-15-19)30-12-10-17(11-13-30)16-31-22(18-6-2-1-3-7-18)28-21-9-5-4-8-20(21)24(31)33;3-2(4,5)1(6)7/h1-9,14-15,17,34H,10-13,16H2,(H,29,32);(H,6,7). The number of nitrogens with zero attached hydrogens (tertiary/aromatic N) is 5. The van der Waals surface area contributed by atoms with Crippen LogP contribution in [0.25, 0.3) is 22.3 Å². The number of amides is 1. The molecule has 41 heavy (non-hydrogen) atoms. The van der Waals surface area contributed by atoms with Crippen LogP contribution in [0.3, 0.4) is 0 Å². The first kappa shape index (κ1) is 29.1. The number of para-hydroxylation sites is 1. The van der Waals surface area contributed by atoms with Gasteiger partial charge in [0.1, 0.15) is 5.82 Å². The Morgan fingerprint density at radius 3 is 2.15 bits per heavy atom. The summed E-state index contributed by atoms with van der Waals surface area (Å²) in [6.45, 7) is 2.07. The third-order valence-electron chi connectivity index (χ3n) is 6.48. The first-order chi connectivity index (χ1) is 19.6. The highest BCUT2D eigenvalue weighted by Crippen LogP contribution is 2.25. The number of carboxylic acids is 1. The second-order valence-electron chi connectivity index (χ2n) is 9.18. The predicted octanol–water partition coefficient (Wildman–Crippen LogP) is 3.52. The highest BCUT2D eigenvalue weighted by atomic mass is 19.4. The average molecular weight is 571 g/mol. The Morgan fingerprint density at radius 1 is 0.976 bits per heavy atom. The molecule has 1 aliphatic rings. The first-order valence-corrected chi connectivity index (χ1v) is 12.4. The third kappa shape index (κ3) is 7.03. The second kappa shape index (κ2) is 12.6. The number of benzene rings is 2. The van der Waals surface area contributed by atoms with E-state index in [-0.39, 0.29) is 11.1 Å². The Bertz CT molecular complexity index is 1570. The van der Waals surface area contributed by atoms with Gasteiger partial charge in [-0.1, -0.05) is 42.5 Å². The minimum Gasteiger partial charge on any atom is -0.475 e. The van der Waals surface area contributed by atoms with E-state index in [1.807, 2.05) is 59.2 Å². The number of carbonyl (C=O) groups is 2. The van der Waals surface area contributed by atoms with Gasteiger partial charge < -0.3 is 10.0 Å². The molecule has 0 saturated carbocycles. The molecule has 1 amide bonds. The van der Waals surface area contributed by atoms with Crippen LogP contribution in [-0.4, -0.2) is 61.0 Å². The number of halogens is 3. The number of carboxylic acid groups (broad SMARTS) is 1. The summed E-state index contributed by atoms with van der Waals surface area (Å²) in [6.07, 6.45) is -0.551. The molecule has 5 rings (SSSR count). The van der Waals surface area contributed by atoms with E-state index in [1.165, 1.54) is 12.4 Å². The van der Waals surface area contributed by atoms with Crippen LogP contribution in [0.5, 0.6) is 0 Å². The summed E-state index contributed by atoms with van der Waals surface area (Å²) in [7, 11) is 0. The highest BCUT2D eigenvalue weighted by molar-refractivity contribution is 5.92. The van der Waals surface area contributed by atoms with Crippen molar-refractivity contribution in [3.8, 4) is 11.4 Å². The van der Waals surface area contributed by atoms with Gasteiger partial charge in [0.25, 0.3) is 11.5 Å². The number of alkyl halides is 3.